The Morgan fingerprint density at radius 3 is 2.54 bits per heavy atom. The molecule has 0 saturated heterocycles. The molecule has 126 valence electrons. The topological polar surface area (TPSA) is 147 Å². The van der Waals surface area contributed by atoms with Crippen molar-refractivity contribution in [1.29, 1.82) is 0 Å². The van der Waals surface area contributed by atoms with Crippen LogP contribution in [-0.4, -0.2) is 31.7 Å². The van der Waals surface area contributed by atoms with Crippen LogP contribution in [0, 0.1) is 0 Å². The van der Waals surface area contributed by atoms with E-state index >= 15 is 0 Å². The fourth-order valence-corrected chi connectivity index (χ4v) is 2.39. The summed E-state index contributed by atoms with van der Waals surface area (Å²) in [5.41, 5.74) is 11.2. The van der Waals surface area contributed by atoms with Gasteiger partial charge >= 0.3 is 0 Å². The zero-order chi connectivity index (χ0) is 16.9. The molecule has 0 radical (unpaired) electrons. The third-order valence-electron chi connectivity index (χ3n) is 3.33. The zero-order valence-corrected chi connectivity index (χ0v) is 13.3. The SMILES string of the molecule is CCC[NH+](Cc1nc(N)nc(N)n1)Cc1nnc(-c2ccco2)o1. The van der Waals surface area contributed by atoms with Crippen LogP contribution in [0.3, 0.4) is 0 Å². The van der Waals surface area contributed by atoms with Crippen LogP contribution in [0.25, 0.3) is 11.7 Å². The molecule has 0 spiro atoms. The maximum Gasteiger partial charge on any atom is 0.283 e. The molecular formula is C14H19N8O2+. The fourth-order valence-electron chi connectivity index (χ4n) is 2.39. The number of nitrogens with one attached hydrogen (secondary N) is 1. The van der Waals surface area contributed by atoms with Gasteiger partial charge in [0.05, 0.1) is 12.8 Å². The first-order chi connectivity index (χ1) is 11.6. The van der Waals surface area contributed by atoms with E-state index in [4.69, 9.17) is 20.3 Å². The van der Waals surface area contributed by atoms with E-state index in [2.05, 4.69) is 32.1 Å². The summed E-state index contributed by atoms with van der Waals surface area (Å²) in [5.74, 6) is 2.19. The van der Waals surface area contributed by atoms with Crippen LogP contribution < -0.4 is 16.4 Å². The minimum absolute atomic E-state index is 0.117. The molecule has 1 unspecified atom stereocenters. The molecule has 24 heavy (non-hydrogen) atoms. The third-order valence-corrected chi connectivity index (χ3v) is 3.33. The summed E-state index contributed by atoms with van der Waals surface area (Å²) >= 11 is 0. The van der Waals surface area contributed by atoms with Gasteiger partial charge in [-0.1, -0.05) is 6.92 Å². The number of aromatic nitrogens is 5. The highest BCUT2D eigenvalue weighted by Gasteiger charge is 2.18. The van der Waals surface area contributed by atoms with Gasteiger partial charge < -0.3 is 25.2 Å². The predicted octanol–water partition coefficient (Wildman–Crippen LogP) is -0.326. The molecule has 3 rings (SSSR count). The predicted molar refractivity (Wildman–Crippen MR) is 84.2 cm³/mol. The summed E-state index contributed by atoms with van der Waals surface area (Å²) < 4.78 is 10.9. The minimum atomic E-state index is 0.117. The lowest BCUT2D eigenvalue weighted by molar-refractivity contribution is -0.929. The van der Waals surface area contributed by atoms with Crippen LogP contribution >= 0.6 is 0 Å². The Morgan fingerprint density at radius 2 is 1.88 bits per heavy atom. The molecule has 10 heteroatoms. The van der Waals surface area contributed by atoms with Crippen molar-refractivity contribution in [2.45, 2.75) is 26.4 Å². The van der Waals surface area contributed by atoms with Crippen LogP contribution in [0.5, 0.6) is 0 Å². The number of nitrogen functional groups attached to an aromatic ring is 2. The molecule has 3 aromatic rings. The molecule has 0 amide bonds. The minimum Gasteiger partial charge on any atom is -0.459 e. The van der Waals surface area contributed by atoms with Gasteiger partial charge in [-0.05, 0) is 18.6 Å². The largest absolute Gasteiger partial charge is 0.459 e. The highest BCUT2D eigenvalue weighted by Crippen LogP contribution is 2.17. The normalized spacial score (nSPS) is 12.4. The highest BCUT2D eigenvalue weighted by molar-refractivity contribution is 5.42. The summed E-state index contributed by atoms with van der Waals surface area (Å²) in [6, 6.07) is 3.54. The number of quaternary nitrogens is 1. The van der Waals surface area contributed by atoms with Crippen molar-refractivity contribution in [3.63, 3.8) is 0 Å². The quantitative estimate of drug-likeness (QED) is 0.529. The highest BCUT2D eigenvalue weighted by atomic mass is 16.4. The Balaban J connectivity index is 1.72. The molecular weight excluding hydrogens is 312 g/mol. The van der Waals surface area contributed by atoms with Crippen molar-refractivity contribution < 1.29 is 13.7 Å². The van der Waals surface area contributed by atoms with Crippen molar-refractivity contribution in [2.24, 2.45) is 0 Å². The van der Waals surface area contributed by atoms with Crippen molar-refractivity contribution >= 4 is 11.9 Å². The van der Waals surface area contributed by atoms with Gasteiger partial charge in [-0.2, -0.15) is 15.0 Å². The first kappa shape index (κ1) is 15.9. The van der Waals surface area contributed by atoms with E-state index in [1.165, 1.54) is 0 Å². The maximum absolute atomic E-state index is 5.65. The Hall–Kier alpha value is -3.01. The Morgan fingerprint density at radius 1 is 1.08 bits per heavy atom. The Kier molecular flexibility index (Phi) is 4.66. The second kappa shape index (κ2) is 7.04. The van der Waals surface area contributed by atoms with Gasteiger partial charge in [-0.15, -0.1) is 10.2 Å². The van der Waals surface area contributed by atoms with Crippen molar-refractivity contribution in [1.82, 2.24) is 25.1 Å². The van der Waals surface area contributed by atoms with Crippen LogP contribution in [0.2, 0.25) is 0 Å². The van der Waals surface area contributed by atoms with E-state index in [-0.39, 0.29) is 11.9 Å². The average molecular weight is 331 g/mol. The van der Waals surface area contributed by atoms with Gasteiger partial charge in [-0.3, -0.25) is 0 Å². The lowest BCUT2D eigenvalue weighted by atomic mass is 10.3. The second-order valence-corrected chi connectivity index (χ2v) is 5.30. The van der Waals surface area contributed by atoms with Gasteiger partial charge in [0, 0.05) is 0 Å². The molecule has 0 aliphatic heterocycles. The van der Waals surface area contributed by atoms with Gasteiger partial charge in [0.15, 0.2) is 18.1 Å². The summed E-state index contributed by atoms with van der Waals surface area (Å²) in [5, 5.41) is 8.07. The first-order valence-electron chi connectivity index (χ1n) is 7.59. The van der Waals surface area contributed by atoms with E-state index < -0.39 is 0 Å². The first-order valence-corrected chi connectivity index (χ1v) is 7.59. The summed E-state index contributed by atoms with van der Waals surface area (Å²) in [4.78, 5) is 13.2. The monoisotopic (exact) mass is 331 g/mol. The zero-order valence-electron chi connectivity index (χ0n) is 13.3. The average Bonchev–Trinajstić information content (AvgIpc) is 3.16. The lowest BCUT2D eigenvalue weighted by Gasteiger charge is -2.16. The van der Waals surface area contributed by atoms with Gasteiger partial charge in [0.2, 0.25) is 11.9 Å². The molecule has 1 atom stereocenters. The Bertz CT molecular complexity index is 766. The molecule has 10 nitrogen and oxygen atoms in total. The van der Waals surface area contributed by atoms with Gasteiger partial charge in [0.25, 0.3) is 11.8 Å². The van der Waals surface area contributed by atoms with Crippen molar-refractivity contribution in [3.05, 3.63) is 30.1 Å². The molecule has 0 aliphatic rings. The van der Waals surface area contributed by atoms with Crippen LogP contribution in [0.4, 0.5) is 11.9 Å². The molecule has 0 fully saturated rings. The van der Waals surface area contributed by atoms with Crippen molar-refractivity contribution in [3.8, 4) is 11.7 Å². The summed E-state index contributed by atoms with van der Waals surface area (Å²) in [6.45, 7) is 4.04. The van der Waals surface area contributed by atoms with E-state index in [0.717, 1.165) is 17.9 Å². The summed E-state index contributed by atoms with van der Waals surface area (Å²) in [6.07, 6.45) is 2.54. The molecule has 3 aromatic heterocycles. The smallest absolute Gasteiger partial charge is 0.283 e. The molecule has 5 N–H and O–H groups in total. The number of nitrogens with two attached hydrogens (primary N) is 2. The molecule has 0 aliphatic carbocycles. The van der Waals surface area contributed by atoms with E-state index in [1.54, 1.807) is 18.4 Å². The number of anilines is 2. The third kappa shape index (κ3) is 3.84. The van der Waals surface area contributed by atoms with Crippen LogP contribution in [0.15, 0.2) is 27.2 Å². The number of rotatable bonds is 7. The second-order valence-electron chi connectivity index (χ2n) is 5.30. The standard InChI is InChI=1S/C14H18N8O2/c1-2-5-22(7-10-17-13(15)19-14(16)18-10)8-11-20-21-12(24-11)9-4-3-6-23-9/h3-4,6H,2,5,7-8H2,1H3,(H4,15,16,17,18,19)/p+1. The van der Waals surface area contributed by atoms with E-state index in [9.17, 15) is 0 Å². The number of hydrogen-bond acceptors (Lipinski definition) is 9. The molecule has 3 heterocycles. The molecule has 0 bridgehead atoms. The molecule has 0 saturated carbocycles. The fraction of sp³-hybridized carbons (Fsp3) is 0.357. The van der Waals surface area contributed by atoms with Crippen LogP contribution in [0.1, 0.15) is 25.1 Å². The Labute approximate surface area is 137 Å². The summed E-state index contributed by atoms with van der Waals surface area (Å²) in [7, 11) is 0. The van der Waals surface area contributed by atoms with Crippen molar-refractivity contribution in [2.75, 3.05) is 18.0 Å². The number of furan rings is 1. The van der Waals surface area contributed by atoms with Crippen LogP contribution in [-0.2, 0) is 13.1 Å². The van der Waals surface area contributed by atoms with E-state index in [0.29, 0.717) is 36.5 Å². The number of hydrogen-bond donors (Lipinski definition) is 3. The van der Waals surface area contributed by atoms with E-state index in [1.807, 2.05) is 0 Å². The van der Waals surface area contributed by atoms with Gasteiger partial charge in [-0.25, -0.2) is 0 Å². The lowest BCUT2D eigenvalue weighted by Crippen LogP contribution is -3.09. The molecule has 0 aromatic carbocycles. The number of nitrogens with zero attached hydrogens (tertiary/aromatic N) is 5. The maximum atomic E-state index is 5.65. The van der Waals surface area contributed by atoms with Gasteiger partial charge in [0.1, 0.15) is 6.54 Å².